The molecule has 1 N–H and O–H groups in total. The van der Waals surface area contributed by atoms with Gasteiger partial charge in [0, 0.05) is 19.3 Å². The molecule has 5 heteroatoms. The van der Waals surface area contributed by atoms with Crippen molar-refractivity contribution in [2.24, 2.45) is 12.1 Å². The molecule has 5 nitrogen and oxygen atoms in total. The van der Waals surface area contributed by atoms with Gasteiger partial charge in [-0.1, -0.05) is 66.7 Å². The van der Waals surface area contributed by atoms with Crippen molar-refractivity contribution in [3.63, 3.8) is 0 Å². The third-order valence-electron chi connectivity index (χ3n) is 3.93. The summed E-state index contributed by atoms with van der Waals surface area (Å²) in [7, 11) is 1.59. The number of pyridine rings is 1. The van der Waals surface area contributed by atoms with Crippen molar-refractivity contribution in [1.29, 1.82) is 0 Å². The van der Waals surface area contributed by atoms with Gasteiger partial charge in [-0.15, -0.1) is 0 Å². The van der Waals surface area contributed by atoms with Crippen LogP contribution in [0.2, 0.25) is 0 Å². The smallest absolute Gasteiger partial charge is 0.272 e. The van der Waals surface area contributed by atoms with Crippen molar-refractivity contribution in [3.8, 4) is 0 Å². The van der Waals surface area contributed by atoms with E-state index in [0.717, 1.165) is 16.7 Å². The molecule has 0 unspecified atom stereocenters. The molecule has 2 aromatic carbocycles. The van der Waals surface area contributed by atoms with Gasteiger partial charge in [-0.05, 0) is 22.8 Å². The molecular weight excluding hydrogens is 338 g/mol. The summed E-state index contributed by atoms with van der Waals surface area (Å²) in [6.45, 7) is 0. The minimum absolute atomic E-state index is 0.170. The van der Waals surface area contributed by atoms with E-state index in [2.05, 4.69) is 16.6 Å². The number of aryl methyl sites for hydroxylation is 1. The van der Waals surface area contributed by atoms with Crippen molar-refractivity contribution in [2.75, 3.05) is 0 Å². The second kappa shape index (κ2) is 8.58. The number of amides is 1. The standard InChI is InChI=1S/C22H19N3O2/c1-25-16-20(13-14-21(25)26)22(27)24-23-15-19-11-9-18(10-12-19)8-7-17-5-3-2-4-6-17/h2-16H,1H3,(H,24,27)/b8-7+,23-15+. The Balaban J connectivity index is 1.59. The first-order valence-corrected chi connectivity index (χ1v) is 8.45. The van der Waals surface area contributed by atoms with Crippen LogP contribution >= 0.6 is 0 Å². The number of aromatic nitrogens is 1. The topological polar surface area (TPSA) is 63.5 Å². The van der Waals surface area contributed by atoms with E-state index in [1.54, 1.807) is 13.3 Å². The fraction of sp³-hybridized carbons (Fsp3) is 0.0455. The van der Waals surface area contributed by atoms with Gasteiger partial charge in [0.15, 0.2) is 0 Å². The van der Waals surface area contributed by atoms with Crippen LogP contribution in [0.15, 0.2) is 82.8 Å². The van der Waals surface area contributed by atoms with E-state index in [-0.39, 0.29) is 11.5 Å². The minimum atomic E-state index is -0.371. The fourth-order valence-electron chi connectivity index (χ4n) is 2.41. The lowest BCUT2D eigenvalue weighted by molar-refractivity contribution is 0.0954. The van der Waals surface area contributed by atoms with E-state index in [9.17, 15) is 9.59 Å². The Morgan fingerprint density at radius 1 is 0.889 bits per heavy atom. The average Bonchev–Trinajstić information content (AvgIpc) is 2.70. The molecule has 3 rings (SSSR count). The summed E-state index contributed by atoms with van der Waals surface area (Å²) in [5.41, 5.74) is 5.74. The molecule has 0 aliphatic heterocycles. The van der Waals surface area contributed by atoms with Gasteiger partial charge in [0.25, 0.3) is 5.91 Å². The summed E-state index contributed by atoms with van der Waals surface area (Å²) in [6.07, 6.45) is 7.14. The number of hydrazone groups is 1. The van der Waals surface area contributed by atoms with Crippen LogP contribution in [0, 0.1) is 0 Å². The summed E-state index contributed by atoms with van der Waals surface area (Å²) < 4.78 is 1.35. The first-order valence-electron chi connectivity index (χ1n) is 8.45. The molecule has 0 spiro atoms. The molecule has 0 aliphatic rings. The maximum absolute atomic E-state index is 12.0. The normalized spacial score (nSPS) is 11.1. The van der Waals surface area contributed by atoms with Crippen molar-refractivity contribution < 1.29 is 4.79 Å². The SMILES string of the molecule is Cn1cc(C(=O)N/N=C/c2ccc(/C=C/c3ccccc3)cc2)ccc1=O. The predicted octanol–water partition coefficient (Wildman–Crippen LogP) is 3.32. The maximum Gasteiger partial charge on any atom is 0.272 e. The van der Waals surface area contributed by atoms with Gasteiger partial charge >= 0.3 is 0 Å². The zero-order valence-corrected chi connectivity index (χ0v) is 14.9. The van der Waals surface area contributed by atoms with Crippen LogP contribution in [0.5, 0.6) is 0 Å². The summed E-state index contributed by atoms with van der Waals surface area (Å²) >= 11 is 0. The van der Waals surface area contributed by atoms with E-state index in [1.807, 2.05) is 60.7 Å². The summed E-state index contributed by atoms with van der Waals surface area (Å²) in [4.78, 5) is 23.4. The zero-order chi connectivity index (χ0) is 19.1. The molecule has 1 heterocycles. The molecule has 0 saturated carbocycles. The largest absolute Gasteiger partial charge is 0.318 e. The highest BCUT2D eigenvalue weighted by Crippen LogP contribution is 2.09. The highest BCUT2D eigenvalue weighted by molar-refractivity contribution is 5.94. The highest BCUT2D eigenvalue weighted by atomic mass is 16.2. The Kier molecular flexibility index (Phi) is 5.74. The first kappa shape index (κ1) is 18.1. The molecule has 1 amide bonds. The van der Waals surface area contributed by atoms with Gasteiger partial charge in [-0.3, -0.25) is 9.59 Å². The van der Waals surface area contributed by atoms with E-state index in [4.69, 9.17) is 0 Å². The monoisotopic (exact) mass is 357 g/mol. The predicted molar refractivity (Wildman–Crippen MR) is 109 cm³/mol. The molecule has 134 valence electrons. The lowest BCUT2D eigenvalue weighted by atomic mass is 10.1. The van der Waals surface area contributed by atoms with E-state index in [0.29, 0.717) is 5.56 Å². The van der Waals surface area contributed by atoms with Gasteiger partial charge in [-0.2, -0.15) is 5.10 Å². The van der Waals surface area contributed by atoms with Crippen molar-refractivity contribution >= 4 is 24.3 Å². The van der Waals surface area contributed by atoms with Gasteiger partial charge in [0.2, 0.25) is 5.56 Å². The first-order chi connectivity index (χ1) is 13.1. The third kappa shape index (κ3) is 5.12. The second-order valence-corrected chi connectivity index (χ2v) is 5.98. The molecule has 0 aliphatic carbocycles. The number of carbonyl (C=O) groups is 1. The molecule has 1 aromatic heterocycles. The molecule has 3 aromatic rings. The fourth-order valence-corrected chi connectivity index (χ4v) is 2.41. The maximum atomic E-state index is 12.0. The van der Waals surface area contributed by atoms with Gasteiger partial charge < -0.3 is 4.57 Å². The van der Waals surface area contributed by atoms with Crippen molar-refractivity contribution in [1.82, 2.24) is 9.99 Å². The zero-order valence-electron chi connectivity index (χ0n) is 14.9. The summed E-state index contributed by atoms with van der Waals surface area (Å²) in [6, 6.07) is 20.7. The van der Waals surface area contributed by atoms with Crippen molar-refractivity contribution in [3.05, 3.63) is 106 Å². The number of hydrogen-bond donors (Lipinski definition) is 1. The molecule has 0 atom stereocenters. The average molecular weight is 357 g/mol. The number of hydrogen-bond acceptors (Lipinski definition) is 3. The van der Waals surface area contributed by atoms with Crippen LogP contribution in [0.3, 0.4) is 0 Å². The van der Waals surface area contributed by atoms with Crippen LogP contribution in [-0.4, -0.2) is 16.7 Å². The number of nitrogens with zero attached hydrogens (tertiary/aromatic N) is 2. The molecule has 0 bridgehead atoms. The van der Waals surface area contributed by atoms with Gasteiger partial charge in [-0.25, -0.2) is 5.43 Å². The second-order valence-electron chi connectivity index (χ2n) is 5.98. The Morgan fingerprint density at radius 3 is 2.19 bits per heavy atom. The van der Waals surface area contributed by atoms with Crippen LogP contribution in [0.1, 0.15) is 27.0 Å². The van der Waals surface area contributed by atoms with Gasteiger partial charge in [0.1, 0.15) is 0 Å². The van der Waals surface area contributed by atoms with Crippen LogP contribution in [0.25, 0.3) is 12.2 Å². The highest BCUT2D eigenvalue weighted by Gasteiger charge is 2.04. The van der Waals surface area contributed by atoms with Crippen LogP contribution < -0.4 is 11.0 Å². The van der Waals surface area contributed by atoms with E-state index >= 15 is 0 Å². The number of rotatable bonds is 5. The molecule has 0 saturated heterocycles. The van der Waals surface area contributed by atoms with E-state index in [1.165, 1.54) is 22.9 Å². The number of benzene rings is 2. The van der Waals surface area contributed by atoms with Crippen LogP contribution in [-0.2, 0) is 7.05 Å². The lowest BCUT2D eigenvalue weighted by Gasteiger charge is -2.02. The Morgan fingerprint density at radius 2 is 1.52 bits per heavy atom. The Hall–Kier alpha value is -3.73. The number of carbonyl (C=O) groups excluding carboxylic acids is 1. The minimum Gasteiger partial charge on any atom is -0.318 e. The van der Waals surface area contributed by atoms with E-state index < -0.39 is 0 Å². The molecule has 0 fully saturated rings. The lowest BCUT2D eigenvalue weighted by Crippen LogP contribution is -2.22. The number of nitrogens with one attached hydrogen (secondary N) is 1. The Labute approximate surface area is 157 Å². The summed E-state index contributed by atoms with van der Waals surface area (Å²) in [5.74, 6) is -0.371. The van der Waals surface area contributed by atoms with Gasteiger partial charge in [0.05, 0.1) is 11.8 Å². The molecular formula is C22H19N3O2. The summed E-state index contributed by atoms with van der Waals surface area (Å²) in [5, 5.41) is 3.96. The molecule has 0 radical (unpaired) electrons. The molecule has 27 heavy (non-hydrogen) atoms. The third-order valence-corrected chi connectivity index (χ3v) is 3.93. The Bertz CT molecular complexity index is 1030. The quantitative estimate of drug-likeness (QED) is 0.432. The van der Waals surface area contributed by atoms with Crippen molar-refractivity contribution in [2.45, 2.75) is 0 Å². The van der Waals surface area contributed by atoms with Crippen LogP contribution in [0.4, 0.5) is 0 Å².